The van der Waals surface area contributed by atoms with E-state index in [9.17, 15) is 14.7 Å². The van der Waals surface area contributed by atoms with E-state index in [1.807, 2.05) is 67.0 Å². The van der Waals surface area contributed by atoms with Gasteiger partial charge in [-0.3, -0.25) is 4.79 Å². The van der Waals surface area contributed by atoms with Gasteiger partial charge in [0, 0.05) is 30.6 Å². The fourth-order valence-electron chi connectivity index (χ4n) is 7.19. The summed E-state index contributed by atoms with van der Waals surface area (Å²) in [6, 6.07) is 18.1. The number of carbonyl (C=O) groups excluding carboxylic acids is 2. The number of piperidine rings is 1. The number of aliphatic hydroxyl groups excluding tert-OH is 1. The molecule has 212 valence electrons. The number of ether oxygens (including phenoxy) is 1. The summed E-state index contributed by atoms with van der Waals surface area (Å²) in [4.78, 5) is 31.0. The third kappa shape index (κ3) is 4.94. The molecule has 3 aliphatic rings. The molecule has 6 nitrogen and oxygen atoms in total. The summed E-state index contributed by atoms with van der Waals surface area (Å²) >= 11 is 0. The van der Waals surface area contributed by atoms with Crippen molar-refractivity contribution in [1.29, 1.82) is 0 Å². The predicted octanol–water partition coefficient (Wildman–Crippen LogP) is 6.37. The van der Waals surface area contributed by atoms with Crippen molar-refractivity contribution in [2.24, 2.45) is 0 Å². The molecular weight excluding hydrogens is 516 g/mol. The van der Waals surface area contributed by atoms with Gasteiger partial charge in [-0.2, -0.15) is 0 Å². The molecule has 1 aliphatic carbocycles. The number of hydrogen-bond acceptors (Lipinski definition) is 4. The van der Waals surface area contributed by atoms with Gasteiger partial charge in [0.1, 0.15) is 5.60 Å². The average Bonchev–Trinajstić information content (AvgIpc) is 3.19. The third-order valence-corrected chi connectivity index (χ3v) is 10.6. The van der Waals surface area contributed by atoms with Crippen molar-refractivity contribution in [2.45, 2.75) is 83.3 Å². The Bertz CT molecular complexity index is 1370. The van der Waals surface area contributed by atoms with Crippen molar-refractivity contribution in [2.75, 3.05) is 18.1 Å². The number of hydrogen-bond donors (Lipinski definition) is 1. The summed E-state index contributed by atoms with van der Waals surface area (Å²) in [5.41, 5.74) is 4.18. The average molecular weight is 559 g/mol. The van der Waals surface area contributed by atoms with Crippen LogP contribution in [0.2, 0.25) is 19.6 Å². The number of nitrogens with zero attached hydrogens (tertiary/aromatic N) is 2. The van der Waals surface area contributed by atoms with Crippen LogP contribution in [0.25, 0.3) is 0 Å². The standard InChI is InChI=1S/C33H42N2O4Si/c1-32(2,3)39-31(38)34(21-23-12-8-7-9-13-23)19-18-33-26-14-10-11-15-27(26)35-28(37)17-16-24(29(33)35)20-25(22-36)30(33)40(4,5)6/h7-15,20,29,36H,16-19,21-22H2,1-6H3/t29-,33-/m0/s1. The van der Waals surface area contributed by atoms with Crippen molar-refractivity contribution >= 4 is 25.8 Å². The van der Waals surface area contributed by atoms with Crippen LogP contribution in [0.3, 0.4) is 0 Å². The van der Waals surface area contributed by atoms with Crippen LogP contribution in [0.15, 0.2) is 77.0 Å². The van der Waals surface area contributed by atoms with Crippen LogP contribution in [-0.4, -0.2) is 54.9 Å². The molecule has 2 heterocycles. The summed E-state index contributed by atoms with van der Waals surface area (Å²) in [7, 11) is -2.05. The van der Waals surface area contributed by atoms with Gasteiger partial charge in [0.15, 0.2) is 0 Å². The highest BCUT2D eigenvalue weighted by Crippen LogP contribution is 2.60. The van der Waals surface area contributed by atoms with E-state index in [0.717, 1.165) is 22.4 Å². The summed E-state index contributed by atoms with van der Waals surface area (Å²) in [5, 5.41) is 12.0. The van der Waals surface area contributed by atoms with Crippen LogP contribution in [0.1, 0.15) is 51.2 Å². The lowest BCUT2D eigenvalue weighted by molar-refractivity contribution is -0.119. The predicted molar refractivity (Wildman–Crippen MR) is 162 cm³/mol. The molecule has 1 saturated heterocycles. The number of anilines is 1. The van der Waals surface area contributed by atoms with Crippen LogP contribution < -0.4 is 4.90 Å². The topological polar surface area (TPSA) is 70.1 Å². The lowest BCUT2D eigenvalue weighted by atomic mass is 9.65. The van der Waals surface area contributed by atoms with Crippen LogP contribution in [0, 0.1) is 0 Å². The van der Waals surface area contributed by atoms with E-state index in [-0.39, 0.29) is 24.6 Å². The lowest BCUT2D eigenvalue weighted by Gasteiger charge is -2.51. The molecule has 40 heavy (non-hydrogen) atoms. The molecule has 0 radical (unpaired) electrons. The Morgan fingerprint density at radius 2 is 1.75 bits per heavy atom. The number of benzene rings is 2. The SMILES string of the molecule is CC(C)(C)OC(=O)N(CC[C@]12C([Si](C)(C)C)=C(CO)C=C3CCC(=O)N(c4ccccc41)[C@@H]32)Cc1ccccc1. The van der Waals surface area contributed by atoms with E-state index in [0.29, 0.717) is 32.4 Å². The number of rotatable bonds is 7. The molecule has 0 aromatic heterocycles. The van der Waals surface area contributed by atoms with Gasteiger partial charge in [0.05, 0.1) is 20.7 Å². The Hall–Kier alpha value is -3.16. The van der Waals surface area contributed by atoms with Gasteiger partial charge in [-0.1, -0.05) is 79.4 Å². The Balaban J connectivity index is 1.65. The molecule has 2 aromatic rings. The second-order valence-electron chi connectivity index (χ2n) is 13.3. The summed E-state index contributed by atoms with van der Waals surface area (Å²) in [6.45, 7) is 13.5. The minimum Gasteiger partial charge on any atom is -0.444 e. The minimum absolute atomic E-state index is 0.0342. The van der Waals surface area contributed by atoms with E-state index >= 15 is 0 Å². The van der Waals surface area contributed by atoms with Gasteiger partial charge in [0.2, 0.25) is 5.91 Å². The maximum absolute atomic E-state index is 13.6. The van der Waals surface area contributed by atoms with Crippen LogP contribution >= 0.6 is 0 Å². The second-order valence-corrected chi connectivity index (χ2v) is 18.3. The Kier molecular flexibility index (Phi) is 7.34. The van der Waals surface area contributed by atoms with E-state index in [1.165, 1.54) is 10.8 Å². The number of amides is 2. The molecule has 2 aliphatic heterocycles. The molecule has 1 fully saturated rings. The zero-order valence-corrected chi connectivity index (χ0v) is 25.7. The molecule has 0 spiro atoms. The largest absolute Gasteiger partial charge is 0.444 e. The highest BCUT2D eigenvalue weighted by Gasteiger charge is 2.60. The zero-order chi connectivity index (χ0) is 28.9. The third-order valence-electron chi connectivity index (χ3n) is 8.31. The van der Waals surface area contributed by atoms with Crippen LogP contribution in [-0.2, 0) is 21.5 Å². The molecular formula is C33H42N2O4Si. The molecule has 0 saturated carbocycles. The highest BCUT2D eigenvalue weighted by atomic mass is 28.3. The number of aliphatic hydroxyl groups is 1. The smallest absolute Gasteiger partial charge is 0.410 e. The minimum atomic E-state index is -2.05. The first kappa shape index (κ1) is 28.4. The van der Waals surface area contributed by atoms with Crippen molar-refractivity contribution in [3.05, 3.63) is 88.1 Å². The Morgan fingerprint density at radius 1 is 1.07 bits per heavy atom. The molecule has 0 bridgehead atoms. The maximum Gasteiger partial charge on any atom is 0.410 e. The fourth-order valence-corrected chi connectivity index (χ4v) is 10.0. The fraction of sp³-hybridized carbons (Fsp3) is 0.455. The van der Waals surface area contributed by atoms with E-state index in [1.54, 1.807) is 0 Å². The van der Waals surface area contributed by atoms with Gasteiger partial charge in [-0.05, 0) is 62.0 Å². The van der Waals surface area contributed by atoms with Crippen molar-refractivity contribution in [1.82, 2.24) is 4.90 Å². The molecule has 5 rings (SSSR count). The zero-order valence-electron chi connectivity index (χ0n) is 24.7. The number of carbonyl (C=O) groups is 2. The highest BCUT2D eigenvalue weighted by molar-refractivity contribution is 6.83. The van der Waals surface area contributed by atoms with E-state index in [4.69, 9.17) is 4.74 Å². The van der Waals surface area contributed by atoms with Gasteiger partial charge >= 0.3 is 6.09 Å². The Morgan fingerprint density at radius 3 is 2.40 bits per heavy atom. The summed E-state index contributed by atoms with van der Waals surface area (Å²) in [5.74, 6) is 0.145. The van der Waals surface area contributed by atoms with E-state index in [2.05, 4.69) is 43.9 Å². The van der Waals surface area contributed by atoms with Crippen LogP contribution in [0.4, 0.5) is 10.5 Å². The lowest BCUT2D eigenvalue weighted by Crippen LogP contribution is -2.58. The number of fused-ring (bicyclic) bond motifs is 3. The molecule has 0 unspecified atom stereocenters. The van der Waals surface area contributed by atoms with Crippen molar-refractivity contribution in [3.63, 3.8) is 0 Å². The first-order valence-corrected chi connectivity index (χ1v) is 17.9. The summed E-state index contributed by atoms with van der Waals surface area (Å²) < 4.78 is 5.89. The van der Waals surface area contributed by atoms with Crippen molar-refractivity contribution < 1.29 is 19.4 Å². The normalized spacial score (nSPS) is 22.1. The summed E-state index contributed by atoms with van der Waals surface area (Å²) in [6.07, 6.45) is 3.62. The second kappa shape index (κ2) is 10.3. The van der Waals surface area contributed by atoms with Gasteiger partial charge in [-0.15, -0.1) is 0 Å². The van der Waals surface area contributed by atoms with Gasteiger partial charge in [-0.25, -0.2) is 4.79 Å². The quantitative estimate of drug-likeness (QED) is 0.401. The maximum atomic E-state index is 13.6. The van der Waals surface area contributed by atoms with Crippen LogP contribution in [0.5, 0.6) is 0 Å². The Labute approximate surface area is 239 Å². The first-order valence-electron chi connectivity index (χ1n) is 14.4. The molecule has 7 heteroatoms. The number of para-hydroxylation sites is 1. The molecule has 1 N–H and O–H groups in total. The molecule has 2 atom stereocenters. The first-order chi connectivity index (χ1) is 18.9. The monoisotopic (exact) mass is 558 g/mol. The van der Waals surface area contributed by atoms with Crippen molar-refractivity contribution in [3.8, 4) is 0 Å². The van der Waals surface area contributed by atoms with Gasteiger partial charge < -0.3 is 19.6 Å². The molecule has 2 aromatic carbocycles. The van der Waals surface area contributed by atoms with Gasteiger partial charge in [0.25, 0.3) is 0 Å². The van der Waals surface area contributed by atoms with E-state index < -0.39 is 19.1 Å². The molecule has 2 amide bonds.